The Labute approximate surface area is 145 Å². The van der Waals surface area contributed by atoms with Crippen LogP contribution in [0.4, 0.5) is 0 Å². The highest BCUT2D eigenvalue weighted by atomic mass is 32.2. The number of benzene rings is 1. The maximum Gasteiger partial charge on any atom is 0.241 e. The molecule has 1 aromatic rings. The van der Waals surface area contributed by atoms with Crippen molar-refractivity contribution in [3.8, 4) is 0 Å². The Morgan fingerprint density at radius 1 is 1.25 bits per heavy atom. The fourth-order valence-corrected chi connectivity index (χ4v) is 4.65. The van der Waals surface area contributed by atoms with Crippen molar-refractivity contribution in [2.24, 2.45) is 0 Å². The summed E-state index contributed by atoms with van der Waals surface area (Å²) in [6.45, 7) is 7.09. The Hall–Kier alpha value is -1.40. The number of unbranched alkanes of at least 4 members (excludes halogenated alkanes) is 1. The SMILES string of the molecule is CCCCC(=O)N1CCC(NS(=O)(=O)c2ccc(C)cc2C)CC1. The summed E-state index contributed by atoms with van der Waals surface area (Å²) in [5.41, 5.74) is 1.81. The minimum absolute atomic E-state index is 0.106. The molecule has 1 aliphatic heterocycles. The number of hydrogen-bond acceptors (Lipinski definition) is 3. The lowest BCUT2D eigenvalue weighted by atomic mass is 10.1. The zero-order valence-corrected chi connectivity index (χ0v) is 15.7. The van der Waals surface area contributed by atoms with Crippen LogP contribution in [0.25, 0.3) is 0 Å². The summed E-state index contributed by atoms with van der Waals surface area (Å²) >= 11 is 0. The summed E-state index contributed by atoms with van der Waals surface area (Å²) in [6, 6.07) is 5.25. The van der Waals surface area contributed by atoms with Crippen molar-refractivity contribution in [3.05, 3.63) is 29.3 Å². The molecule has 0 saturated carbocycles. The predicted molar refractivity (Wildman–Crippen MR) is 95.4 cm³/mol. The Bertz CT molecular complexity index is 678. The van der Waals surface area contributed by atoms with Gasteiger partial charge in [0.05, 0.1) is 4.90 Å². The van der Waals surface area contributed by atoms with Crippen LogP contribution in [0.2, 0.25) is 0 Å². The molecule has 1 aliphatic rings. The van der Waals surface area contributed by atoms with Gasteiger partial charge in [-0.15, -0.1) is 0 Å². The van der Waals surface area contributed by atoms with Crippen molar-refractivity contribution in [3.63, 3.8) is 0 Å². The van der Waals surface area contributed by atoms with Gasteiger partial charge >= 0.3 is 0 Å². The molecule has 1 N–H and O–H groups in total. The summed E-state index contributed by atoms with van der Waals surface area (Å²) in [6.07, 6.45) is 3.86. The van der Waals surface area contributed by atoms with Gasteiger partial charge in [0, 0.05) is 25.6 Å². The monoisotopic (exact) mass is 352 g/mol. The van der Waals surface area contributed by atoms with E-state index >= 15 is 0 Å². The lowest BCUT2D eigenvalue weighted by Gasteiger charge is -2.32. The zero-order chi connectivity index (χ0) is 17.7. The quantitative estimate of drug-likeness (QED) is 0.856. The second-order valence-electron chi connectivity index (χ2n) is 6.65. The Kier molecular flexibility index (Phi) is 6.40. The molecule has 5 nitrogen and oxygen atoms in total. The first kappa shape index (κ1) is 18.9. The van der Waals surface area contributed by atoms with Gasteiger partial charge in [-0.3, -0.25) is 4.79 Å². The van der Waals surface area contributed by atoms with E-state index < -0.39 is 10.0 Å². The standard InChI is InChI=1S/C18H28N2O3S/c1-4-5-6-18(21)20-11-9-16(10-12-20)19-24(22,23)17-8-7-14(2)13-15(17)3/h7-8,13,16,19H,4-6,9-12H2,1-3H3. The van der Waals surface area contributed by atoms with Gasteiger partial charge in [0.15, 0.2) is 0 Å². The van der Waals surface area contributed by atoms with E-state index in [-0.39, 0.29) is 11.9 Å². The van der Waals surface area contributed by atoms with Gasteiger partial charge in [0.25, 0.3) is 0 Å². The molecule has 134 valence electrons. The molecule has 1 fully saturated rings. The molecule has 0 atom stereocenters. The lowest BCUT2D eigenvalue weighted by Crippen LogP contribution is -2.46. The van der Waals surface area contributed by atoms with E-state index in [4.69, 9.17) is 0 Å². The maximum atomic E-state index is 12.6. The van der Waals surface area contributed by atoms with Crippen LogP contribution >= 0.6 is 0 Å². The first-order valence-corrected chi connectivity index (χ1v) is 10.2. The number of nitrogens with zero attached hydrogens (tertiary/aromatic N) is 1. The highest BCUT2D eigenvalue weighted by Gasteiger charge is 2.27. The summed E-state index contributed by atoms with van der Waals surface area (Å²) in [7, 11) is -3.51. The number of sulfonamides is 1. The molecule has 1 amide bonds. The Morgan fingerprint density at radius 3 is 2.50 bits per heavy atom. The Morgan fingerprint density at radius 2 is 1.92 bits per heavy atom. The van der Waals surface area contributed by atoms with Crippen molar-refractivity contribution in [1.82, 2.24) is 9.62 Å². The number of piperidine rings is 1. The lowest BCUT2D eigenvalue weighted by molar-refractivity contribution is -0.132. The number of rotatable bonds is 6. The maximum absolute atomic E-state index is 12.6. The van der Waals surface area contributed by atoms with Crippen molar-refractivity contribution in [1.29, 1.82) is 0 Å². The first-order valence-electron chi connectivity index (χ1n) is 8.71. The largest absolute Gasteiger partial charge is 0.343 e. The third kappa shape index (κ3) is 4.80. The molecular weight excluding hydrogens is 324 g/mol. The molecular formula is C18H28N2O3S. The van der Waals surface area contributed by atoms with Crippen LogP contribution in [0, 0.1) is 13.8 Å². The smallest absolute Gasteiger partial charge is 0.241 e. The van der Waals surface area contributed by atoms with E-state index in [0.29, 0.717) is 37.2 Å². The summed E-state index contributed by atoms with van der Waals surface area (Å²) in [4.78, 5) is 14.2. The molecule has 0 aromatic heterocycles. The van der Waals surface area contributed by atoms with Gasteiger partial charge in [-0.25, -0.2) is 13.1 Å². The number of likely N-dealkylation sites (tertiary alicyclic amines) is 1. The summed E-state index contributed by atoms with van der Waals surface area (Å²) in [5, 5.41) is 0. The predicted octanol–water partition coefficient (Wildman–Crippen LogP) is 2.76. The molecule has 1 heterocycles. The van der Waals surface area contributed by atoms with E-state index in [1.54, 1.807) is 6.07 Å². The zero-order valence-electron chi connectivity index (χ0n) is 14.8. The number of amides is 1. The van der Waals surface area contributed by atoms with Crippen LogP contribution in [-0.2, 0) is 14.8 Å². The van der Waals surface area contributed by atoms with Gasteiger partial charge in [0.1, 0.15) is 0 Å². The molecule has 0 aliphatic carbocycles. The topological polar surface area (TPSA) is 66.5 Å². The van der Waals surface area contributed by atoms with Crippen molar-refractivity contribution in [2.75, 3.05) is 13.1 Å². The normalized spacial score (nSPS) is 16.4. The number of carbonyl (C=O) groups excluding carboxylic acids is 1. The molecule has 2 rings (SSSR count). The summed E-state index contributed by atoms with van der Waals surface area (Å²) in [5.74, 6) is 0.188. The molecule has 0 bridgehead atoms. The second kappa shape index (κ2) is 8.12. The van der Waals surface area contributed by atoms with Crippen molar-refractivity contribution >= 4 is 15.9 Å². The van der Waals surface area contributed by atoms with Crippen LogP contribution < -0.4 is 4.72 Å². The third-order valence-electron chi connectivity index (χ3n) is 4.53. The van der Waals surface area contributed by atoms with E-state index in [1.807, 2.05) is 30.9 Å². The highest BCUT2D eigenvalue weighted by molar-refractivity contribution is 7.89. The fourth-order valence-electron chi connectivity index (χ4n) is 3.12. The van der Waals surface area contributed by atoms with Crippen molar-refractivity contribution < 1.29 is 13.2 Å². The van der Waals surface area contributed by atoms with Crippen LogP contribution in [-0.4, -0.2) is 38.4 Å². The number of nitrogens with one attached hydrogen (secondary N) is 1. The minimum atomic E-state index is -3.51. The van der Waals surface area contributed by atoms with E-state index in [9.17, 15) is 13.2 Å². The molecule has 0 unspecified atom stereocenters. The van der Waals surface area contributed by atoms with Gasteiger partial charge < -0.3 is 4.90 Å². The van der Waals surface area contributed by atoms with Gasteiger partial charge in [-0.05, 0) is 44.7 Å². The van der Waals surface area contributed by atoms with Crippen LogP contribution in [0.1, 0.15) is 50.2 Å². The van der Waals surface area contributed by atoms with E-state index in [0.717, 1.165) is 24.0 Å². The average Bonchev–Trinajstić information content (AvgIpc) is 2.52. The number of hydrogen-bond donors (Lipinski definition) is 1. The van der Waals surface area contributed by atoms with Crippen LogP contribution in [0.3, 0.4) is 0 Å². The molecule has 0 radical (unpaired) electrons. The van der Waals surface area contributed by atoms with Gasteiger partial charge in [0.2, 0.25) is 15.9 Å². The average molecular weight is 353 g/mol. The Balaban J connectivity index is 1.94. The second-order valence-corrected chi connectivity index (χ2v) is 8.33. The number of aryl methyl sites for hydroxylation is 2. The first-order chi connectivity index (χ1) is 11.3. The molecule has 1 saturated heterocycles. The van der Waals surface area contributed by atoms with E-state index in [1.165, 1.54) is 0 Å². The van der Waals surface area contributed by atoms with Crippen molar-refractivity contribution in [2.45, 2.75) is 63.8 Å². The summed E-state index contributed by atoms with van der Waals surface area (Å²) < 4.78 is 28.0. The van der Waals surface area contributed by atoms with E-state index in [2.05, 4.69) is 11.6 Å². The van der Waals surface area contributed by atoms with Gasteiger partial charge in [-0.2, -0.15) is 0 Å². The van der Waals surface area contributed by atoms with Gasteiger partial charge in [-0.1, -0.05) is 31.0 Å². The molecule has 0 spiro atoms. The minimum Gasteiger partial charge on any atom is -0.343 e. The molecule has 1 aromatic carbocycles. The van der Waals surface area contributed by atoms with Crippen LogP contribution in [0.5, 0.6) is 0 Å². The molecule has 24 heavy (non-hydrogen) atoms. The number of carbonyl (C=O) groups is 1. The van der Waals surface area contributed by atoms with Crippen LogP contribution in [0.15, 0.2) is 23.1 Å². The highest BCUT2D eigenvalue weighted by Crippen LogP contribution is 2.19. The fraction of sp³-hybridized carbons (Fsp3) is 0.611. The third-order valence-corrected chi connectivity index (χ3v) is 6.21. The molecule has 6 heteroatoms.